The molecule has 2 atom stereocenters. The molecule has 4 rings (SSSR count). The predicted molar refractivity (Wildman–Crippen MR) is 86.5 cm³/mol. The van der Waals surface area contributed by atoms with Crippen LogP contribution in [0.25, 0.3) is 0 Å². The van der Waals surface area contributed by atoms with Gasteiger partial charge in [-0.05, 0) is 24.3 Å². The summed E-state index contributed by atoms with van der Waals surface area (Å²) in [4.78, 5) is 31.8. The van der Waals surface area contributed by atoms with Gasteiger partial charge in [-0.25, -0.2) is 0 Å². The maximum Gasteiger partial charge on any atom is 0.241 e. The highest BCUT2D eigenvalue weighted by molar-refractivity contribution is 7.09. The number of thiophene rings is 1. The first-order valence-electron chi connectivity index (χ1n) is 7.80. The largest absolute Gasteiger partial charge is 0.347 e. The molecule has 6 heteroatoms. The average Bonchev–Trinajstić information content (AvgIpc) is 2.85. The summed E-state index contributed by atoms with van der Waals surface area (Å²) in [6, 6.07) is 4.39. The molecule has 1 aromatic heterocycles. The Morgan fingerprint density at radius 1 is 1.36 bits per heavy atom. The Bertz CT molecular complexity index is 544. The fraction of sp³-hybridized carbons (Fsp3) is 0.625. The lowest BCUT2D eigenvalue weighted by atomic mass is 9.94. The van der Waals surface area contributed by atoms with Crippen molar-refractivity contribution < 1.29 is 9.59 Å². The quantitative estimate of drug-likeness (QED) is 0.838. The second kappa shape index (κ2) is 6.38. The van der Waals surface area contributed by atoms with Crippen LogP contribution in [0.2, 0.25) is 0 Å². The lowest BCUT2D eigenvalue weighted by molar-refractivity contribution is -0.145. The van der Waals surface area contributed by atoms with Crippen molar-refractivity contribution in [3.05, 3.63) is 22.4 Å². The minimum atomic E-state index is 0.00528. The number of carbonyl (C=O) groups is 2. The van der Waals surface area contributed by atoms with E-state index in [0.29, 0.717) is 0 Å². The number of hydrogen-bond acceptors (Lipinski definition) is 4. The van der Waals surface area contributed by atoms with E-state index < -0.39 is 0 Å². The molecular formula is C16H23N3O2S. The van der Waals surface area contributed by atoms with Gasteiger partial charge in [0, 0.05) is 44.6 Å². The normalized spacial score (nSPS) is 25.4. The van der Waals surface area contributed by atoms with Crippen LogP contribution in [0.3, 0.4) is 0 Å². The lowest BCUT2D eigenvalue weighted by Crippen LogP contribution is -2.51. The molecule has 3 aliphatic heterocycles. The fourth-order valence-electron chi connectivity index (χ4n) is 3.38. The zero-order valence-corrected chi connectivity index (χ0v) is 14.0. The summed E-state index contributed by atoms with van der Waals surface area (Å²) in [5.74, 6) is 0.222. The van der Waals surface area contributed by atoms with E-state index in [1.807, 2.05) is 4.90 Å². The maximum absolute atomic E-state index is 12.6. The standard InChI is InChI=1S/C16H23N3O2S/c1-17(2)15(20)11-19-13-6-5-12(16(19)21)8-18(9-13)10-14-4-3-7-22-14/h3-4,7,12-13H,5-6,8-11H2,1-2H3/t12-,13+/m1/s1. The van der Waals surface area contributed by atoms with Gasteiger partial charge in [-0.2, -0.15) is 0 Å². The van der Waals surface area contributed by atoms with Crippen LogP contribution in [0.4, 0.5) is 0 Å². The van der Waals surface area contributed by atoms with Gasteiger partial charge in [0.2, 0.25) is 11.8 Å². The highest BCUT2D eigenvalue weighted by Gasteiger charge is 2.41. The first-order valence-corrected chi connectivity index (χ1v) is 8.68. The van der Waals surface area contributed by atoms with Gasteiger partial charge in [0.05, 0.1) is 5.92 Å². The Balaban J connectivity index is 1.71. The van der Waals surface area contributed by atoms with Crippen molar-refractivity contribution in [1.82, 2.24) is 14.7 Å². The highest BCUT2D eigenvalue weighted by atomic mass is 32.1. The number of nitrogens with zero attached hydrogens (tertiary/aromatic N) is 3. The van der Waals surface area contributed by atoms with Gasteiger partial charge in [0.1, 0.15) is 6.54 Å². The monoisotopic (exact) mass is 321 g/mol. The molecule has 4 heterocycles. The fourth-order valence-corrected chi connectivity index (χ4v) is 4.12. The van der Waals surface area contributed by atoms with E-state index in [0.717, 1.165) is 32.5 Å². The second-order valence-corrected chi connectivity index (χ2v) is 7.49. The van der Waals surface area contributed by atoms with Crippen molar-refractivity contribution in [3.8, 4) is 0 Å². The molecule has 0 saturated carbocycles. The van der Waals surface area contributed by atoms with Gasteiger partial charge in [-0.1, -0.05) is 6.07 Å². The van der Waals surface area contributed by atoms with E-state index in [4.69, 9.17) is 0 Å². The van der Waals surface area contributed by atoms with Crippen LogP contribution in [0.15, 0.2) is 17.5 Å². The molecule has 0 radical (unpaired) electrons. The summed E-state index contributed by atoms with van der Waals surface area (Å²) < 4.78 is 0. The molecule has 2 amide bonds. The molecule has 1 aromatic rings. The predicted octanol–water partition coefficient (Wildman–Crippen LogP) is 1.26. The van der Waals surface area contributed by atoms with Crippen molar-refractivity contribution in [2.75, 3.05) is 33.7 Å². The molecule has 22 heavy (non-hydrogen) atoms. The van der Waals surface area contributed by atoms with E-state index in [-0.39, 0.29) is 30.3 Å². The van der Waals surface area contributed by atoms with Crippen LogP contribution in [-0.2, 0) is 16.1 Å². The van der Waals surface area contributed by atoms with Crippen molar-refractivity contribution in [2.45, 2.75) is 25.4 Å². The third-order valence-electron chi connectivity index (χ3n) is 4.63. The Morgan fingerprint density at radius 3 is 2.86 bits per heavy atom. The van der Waals surface area contributed by atoms with Crippen LogP contribution < -0.4 is 0 Å². The summed E-state index contributed by atoms with van der Waals surface area (Å²) in [6.07, 6.45) is 1.97. The highest BCUT2D eigenvalue weighted by Crippen LogP contribution is 2.30. The number of hydrogen-bond donors (Lipinski definition) is 0. The minimum absolute atomic E-state index is 0.00528. The van der Waals surface area contributed by atoms with Gasteiger partial charge in [-0.15, -0.1) is 11.3 Å². The van der Waals surface area contributed by atoms with Crippen LogP contribution in [0.1, 0.15) is 17.7 Å². The van der Waals surface area contributed by atoms with Crippen LogP contribution >= 0.6 is 11.3 Å². The first kappa shape index (κ1) is 15.5. The van der Waals surface area contributed by atoms with Crippen molar-refractivity contribution in [1.29, 1.82) is 0 Å². The Morgan fingerprint density at radius 2 is 2.18 bits per heavy atom. The zero-order valence-electron chi connectivity index (χ0n) is 13.2. The van der Waals surface area contributed by atoms with Gasteiger partial charge < -0.3 is 9.80 Å². The second-order valence-electron chi connectivity index (χ2n) is 6.46. The van der Waals surface area contributed by atoms with Crippen LogP contribution in [-0.4, -0.2) is 66.3 Å². The number of fused-ring (bicyclic) bond motifs is 4. The Kier molecular flexibility index (Phi) is 4.49. The van der Waals surface area contributed by atoms with E-state index in [9.17, 15) is 9.59 Å². The Hall–Kier alpha value is -1.40. The molecule has 0 unspecified atom stereocenters. The first-order chi connectivity index (χ1) is 10.5. The van der Waals surface area contributed by atoms with Crippen molar-refractivity contribution in [3.63, 3.8) is 0 Å². The van der Waals surface area contributed by atoms with Crippen molar-refractivity contribution >= 4 is 23.2 Å². The van der Waals surface area contributed by atoms with Crippen LogP contribution in [0.5, 0.6) is 0 Å². The average molecular weight is 321 g/mol. The third-order valence-corrected chi connectivity index (χ3v) is 5.49. The van der Waals surface area contributed by atoms with E-state index in [1.54, 1.807) is 30.3 Å². The molecule has 3 saturated heterocycles. The van der Waals surface area contributed by atoms with Gasteiger partial charge in [0.15, 0.2) is 0 Å². The molecule has 120 valence electrons. The number of carbonyl (C=O) groups excluding carboxylic acids is 2. The van der Waals surface area contributed by atoms with E-state index in [2.05, 4.69) is 22.4 Å². The molecule has 0 aromatic carbocycles. The minimum Gasteiger partial charge on any atom is -0.347 e. The maximum atomic E-state index is 12.6. The molecule has 3 aliphatic rings. The third kappa shape index (κ3) is 3.17. The topological polar surface area (TPSA) is 43.9 Å². The molecule has 3 fully saturated rings. The summed E-state index contributed by atoms with van der Waals surface area (Å²) in [5, 5.41) is 2.09. The molecular weight excluding hydrogens is 298 g/mol. The summed E-state index contributed by atoms with van der Waals surface area (Å²) >= 11 is 1.76. The summed E-state index contributed by atoms with van der Waals surface area (Å²) in [7, 11) is 3.48. The number of likely N-dealkylation sites (N-methyl/N-ethyl adjacent to an activating group) is 1. The summed E-state index contributed by atoms with van der Waals surface area (Å²) in [6.45, 7) is 2.83. The SMILES string of the molecule is CN(C)C(=O)CN1C(=O)[C@@H]2CC[C@H]1CN(Cc1cccs1)C2. The lowest BCUT2D eigenvalue weighted by Gasteiger charge is -2.36. The van der Waals surface area contributed by atoms with Crippen LogP contribution in [0, 0.1) is 5.92 Å². The van der Waals surface area contributed by atoms with Gasteiger partial charge >= 0.3 is 0 Å². The Labute approximate surface area is 135 Å². The smallest absolute Gasteiger partial charge is 0.241 e. The number of amides is 2. The molecule has 0 spiro atoms. The summed E-state index contributed by atoms with van der Waals surface area (Å²) in [5.41, 5.74) is 0. The molecule has 5 nitrogen and oxygen atoms in total. The molecule has 0 N–H and O–H groups in total. The molecule has 2 bridgehead atoms. The van der Waals surface area contributed by atoms with E-state index in [1.165, 1.54) is 4.88 Å². The number of rotatable bonds is 4. The van der Waals surface area contributed by atoms with Gasteiger partial charge in [-0.3, -0.25) is 14.5 Å². The molecule has 0 aliphatic carbocycles. The van der Waals surface area contributed by atoms with E-state index >= 15 is 0 Å². The zero-order chi connectivity index (χ0) is 15.7. The van der Waals surface area contributed by atoms with Gasteiger partial charge in [0.25, 0.3) is 0 Å². The number of piperidine rings is 1. The van der Waals surface area contributed by atoms with Crippen molar-refractivity contribution in [2.24, 2.45) is 5.92 Å².